The number of ether oxygens (including phenoxy) is 2. The number of hydrogen-bond acceptors (Lipinski definition) is 5. The van der Waals surface area contributed by atoms with Crippen LogP contribution in [-0.2, 0) is 11.3 Å². The highest BCUT2D eigenvalue weighted by molar-refractivity contribution is 6.32. The maximum Gasteiger partial charge on any atom is 0.222 e. The molecule has 1 amide bonds. The monoisotopic (exact) mass is 514 g/mol. The number of aryl methyl sites for hydroxylation is 2. The lowest BCUT2D eigenvalue weighted by atomic mass is 9.93. The van der Waals surface area contributed by atoms with Gasteiger partial charge >= 0.3 is 0 Å². The fraction of sp³-hybridized carbons (Fsp3) is 0.552. The minimum absolute atomic E-state index is 0.264. The first-order valence-corrected chi connectivity index (χ1v) is 13.5. The van der Waals surface area contributed by atoms with Crippen molar-refractivity contribution in [1.82, 2.24) is 9.80 Å². The van der Waals surface area contributed by atoms with Gasteiger partial charge in [0.2, 0.25) is 5.91 Å². The van der Waals surface area contributed by atoms with Crippen LogP contribution in [-0.4, -0.2) is 65.8 Å². The SMILES string of the molecule is Cc1cc(OC[C@]2(O)CCCN(Cc3ccc(OCCCN4CCCCC4=O)cc3)C2)cc(C)c1Cl. The normalized spacial score (nSPS) is 21.0. The van der Waals surface area contributed by atoms with E-state index < -0.39 is 5.60 Å². The Morgan fingerprint density at radius 2 is 1.75 bits per heavy atom. The van der Waals surface area contributed by atoms with E-state index in [0.717, 1.165) is 85.9 Å². The highest BCUT2D eigenvalue weighted by Gasteiger charge is 2.34. The molecule has 0 aliphatic carbocycles. The third-order valence-electron chi connectivity index (χ3n) is 7.14. The molecule has 7 heteroatoms. The maximum absolute atomic E-state index is 11.9. The first-order chi connectivity index (χ1) is 17.3. The average Bonchev–Trinajstić information content (AvgIpc) is 2.86. The van der Waals surface area contributed by atoms with Crippen molar-refractivity contribution in [3.8, 4) is 11.5 Å². The van der Waals surface area contributed by atoms with Crippen molar-refractivity contribution in [3.05, 3.63) is 58.1 Å². The Morgan fingerprint density at radius 1 is 1.00 bits per heavy atom. The van der Waals surface area contributed by atoms with Gasteiger partial charge in [0.05, 0.1) is 6.61 Å². The van der Waals surface area contributed by atoms with Crippen LogP contribution >= 0.6 is 11.6 Å². The number of carbonyl (C=O) groups is 1. The molecule has 2 aliphatic heterocycles. The summed E-state index contributed by atoms with van der Waals surface area (Å²) in [6, 6.07) is 12.0. The molecule has 4 rings (SSSR count). The molecular weight excluding hydrogens is 476 g/mol. The van der Waals surface area contributed by atoms with Crippen LogP contribution in [0, 0.1) is 13.8 Å². The van der Waals surface area contributed by atoms with Crippen molar-refractivity contribution in [2.45, 2.75) is 64.5 Å². The number of β-amino-alcohol motifs (C(OH)–C–C–N with tert-alkyl or cyclic N) is 1. The van der Waals surface area contributed by atoms with E-state index in [4.69, 9.17) is 21.1 Å². The summed E-state index contributed by atoms with van der Waals surface area (Å²) >= 11 is 6.27. The Kier molecular flexibility index (Phi) is 9.15. The molecule has 0 radical (unpaired) electrons. The van der Waals surface area contributed by atoms with Crippen LogP contribution in [0.5, 0.6) is 11.5 Å². The van der Waals surface area contributed by atoms with E-state index in [1.165, 1.54) is 5.56 Å². The number of carbonyl (C=O) groups excluding carboxylic acids is 1. The van der Waals surface area contributed by atoms with Crippen LogP contribution in [0.4, 0.5) is 0 Å². The molecule has 2 fully saturated rings. The van der Waals surface area contributed by atoms with Gasteiger partial charge < -0.3 is 19.5 Å². The summed E-state index contributed by atoms with van der Waals surface area (Å²) in [6.45, 7) is 8.76. The Hall–Kier alpha value is -2.28. The zero-order valence-electron chi connectivity index (χ0n) is 21.6. The number of piperidine rings is 2. The second-order valence-corrected chi connectivity index (χ2v) is 10.8. The number of benzene rings is 2. The van der Waals surface area contributed by atoms with Crippen LogP contribution in [0.2, 0.25) is 5.02 Å². The van der Waals surface area contributed by atoms with Gasteiger partial charge in [-0.1, -0.05) is 23.7 Å². The summed E-state index contributed by atoms with van der Waals surface area (Å²) in [5.74, 6) is 1.87. The average molecular weight is 515 g/mol. The van der Waals surface area contributed by atoms with Crippen molar-refractivity contribution in [3.63, 3.8) is 0 Å². The lowest BCUT2D eigenvalue weighted by molar-refractivity contribution is -0.133. The molecule has 0 bridgehead atoms. The summed E-state index contributed by atoms with van der Waals surface area (Å²) in [5.41, 5.74) is 2.27. The molecule has 0 saturated carbocycles. The van der Waals surface area contributed by atoms with Crippen LogP contribution in [0.3, 0.4) is 0 Å². The largest absolute Gasteiger partial charge is 0.494 e. The Balaban J connectivity index is 1.21. The quantitative estimate of drug-likeness (QED) is 0.444. The molecule has 0 unspecified atom stereocenters. The van der Waals surface area contributed by atoms with E-state index in [1.807, 2.05) is 43.0 Å². The molecule has 36 heavy (non-hydrogen) atoms. The summed E-state index contributed by atoms with van der Waals surface area (Å²) in [7, 11) is 0. The first-order valence-electron chi connectivity index (χ1n) is 13.2. The minimum Gasteiger partial charge on any atom is -0.494 e. The Morgan fingerprint density at radius 3 is 2.47 bits per heavy atom. The zero-order valence-corrected chi connectivity index (χ0v) is 22.4. The van der Waals surface area contributed by atoms with E-state index in [0.29, 0.717) is 19.6 Å². The van der Waals surface area contributed by atoms with Gasteiger partial charge in [0, 0.05) is 37.6 Å². The molecule has 196 valence electrons. The van der Waals surface area contributed by atoms with Gasteiger partial charge in [-0.2, -0.15) is 0 Å². The van der Waals surface area contributed by atoms with Crippen LogP contribution in [0.15, 0.2) is 36.4 Å². The molecule has 1 N–H and O–H groups in total. The molecule has 2 aromatic carbocycles. The minimum atomic E-state index is -0.877. The number of halogens is 1. The molecule has 6 nitrogen and oxygen atoms in total. The molecule has 2 aliphatic rings. The second-order valence-electron chi connectivity index (χ2n) is 10.4. The summed E-state index contributed by atoms with van der Waals surface area (Å²) in [6.07, 6.45) is 5.31. The van der Waals surface area contributed by atoms with Gasteiger partial charge in [0.25, 0.3) is 0 Å². The van der Waals surface area contributed by atoms with E-state index in [1.54, 1.807) is 0 Å². The zero-order chi connectivity index (χ0) is 25.5. The highest BCUT2D eigenvalue weighted by Crippen LogP contribution is 2.28. The van der Waals surface area contributed by atoms with E-state index in [9.17, 15) is 9.90 Å². The van der Waals surface area contributed by atoms with E-state index in [2.05, 4.69) is 17.0 Å². The fourth-order valence-electron chi connectivity index (χ4n) is 5.16. The topological polar surface area (TPSA) is 62.2 Å². The fourth-order valence-corrected chi connectivity index (χ4v) is 5.27. The smallest absolute Gasteiger partial charge is 0.222 e. The lowest BCUT2D eigenvalue weighted by Crippen LogP contribution is -2.51. The van der Waals surface area contributed by atoms with Gasteiger partial charge in [0.1, 0.15) is 23.7 Å². The van der Waals surface area contributed by atoms with Crippen molar-refractivity contribution < 1.29 is 19.4 Å². The van der Waals surface area contributed by atoms with Crippen molar-refractivity contribution in [2.24, 2.45) is 0 Å². The third kappa shape index (κ3) is 7.37. The molecule has 2 saturated heterocycles. The third-order valence-corrected chi connectivity index (χ3v) is 7.74. The van der Waals surface area contributed by atoms with E-state index in [-0.39, 0.29) is 12.5 Å². The molecule has 0 spiro atoms. The van der Waals surface area contributed by atoms with Gasteiger partial charge in [-0.05, 0) is 93.5 Å². The molecular formula is C29H39ClN2O4. The highest BCUT2D eigenvalue weighted by atomic mass is 35.5. The van der Waals surface area contributed by atoms with Crippen LogP contribution < -0.4 is 9.47 Å². The standard InChI is InChI=1S/C29H39ClN2O4/c1-22-17-26(18-23(2)28(22)30)36-21-29(34)12-5-13-31(20-29)19-24-8-10-25(11-9-24)35-16-6-15-32-14-4-3-7-27(32)33/h8-11,17-18,34H,3-7,12-16,19-21H2,1-2H3/t29-/m0/s1. The van der Waals surface area contributed by atoms with Gasteiger partial charge in [-0.3, -0.25) is 9.69 Å². The second kappa shape index (κ2) is 12.3. The molecule has 1 atom stereocenters. The molecule has 2 heterocycles. The predicted molar refractivity (Wildman–Crippen MR) is 143 cm³/mol. The van der Waals surface area contributed by atoms with Crippen molar-refractivity contribution in [1.29, 1.82) is 0 Å². The number of hydrogen-bond donors (Lipinski definition) is 1. The summed E-state index contributed by atoms with van der Waals surface area (Å²) in [4.78, 5) is 16.1. The number of aliphatic hydroxyl groups is 1. The van der Waals surface area contributed by atoms with Gasteiger partial charge in [-0.15, -0.1) is 0 Å². The lowest BCUT2D eigenvalue weighted by Gasteiger charge is -2.39. The van der Waals surface area contributed by atoms with Crippen LogP contribution in [0.25, 0.3) is 0 Å². The number of nitrogens with zero attached hydrogens (tertiary/aromatic N) is 2. The Bertz CT molecular complexity index is 1010. The number of rotatable bonds is 10. The Labute approximate surface area is 220 Å². The van der Waals surface area contributed by atoms with Crippen molar-refractivity contribution >= 4 is 17.5 Å². The van der Waals surface area contributed by atoms with Crippen molar-refractivity contribution in [2.75, 3.05) is 39.4 Å². The van der Waals surface area contributed by atoms with E-state index >= 15 is 0 Å². The number of likely N-dealkylation sites (tertiary alicyclic amines) is 2. The molecule has 2 aromatic rings. The first kappa shape index (κ1) is 26.8. The van der Waals surface area contributed by atoms with Gasteiger partial charge in [-0.25, -0.2) is 0 Å². The maximum atomic E-state index is 11.9. The number of amides is 1. The molecule has 0 aromatic heterocycles. The summed E-state index contributed by atoms with van der Waals surface area (Å²) in [5, 5.41) is 12.0. The van der Waals surface area contributed by atoms with Gasteiger partial charge in [0.15, 0.2) is 0 Å². The summed E-state index contributed by atoms with van der Waals surface area (Å²) < 4.78 is 11.9. The van der Waals surface area contributed by atoms with Crippen LogP contribution in [0.1, 0.15) is 55.2 Å². The predicted octanol–water partition coefficient (Wildman–Crippen LogP) is 5.14.